The quantitative estimate of drug-likeness (QED) is 0.366. The van der Waals surface area contributed by atoms with Crippen LogP contribution in [0.5, 0.6) is 5.75 Å². The van der Waals surface area contributed by atoms with Gasteiger partial charge in [-0.2, -0.15) is 0 Å². The third-order valence-corrected chi connectivity index (χ3v) is 4.42. The fourth-order valence-corrected chi connectivity index (χ4v) is 2.95. The van der Waals surface area contributed by atoms with Gasteiger partial charge in [-0.05, 0) is 50.1 Å². The van der Waals surface area contributed by atoms with E-state index in [9.17, 15) is 4.79 Å². The van der Waals surface area contributed by atoms with Crippen LogP contribution < -0.4 is 4.74 Å². The van der Waals surface area contributed by atoms with Gasteiger partial charge in [0.15, 0.2) is 0 Å². The van der Waals surface area contributed by atoms with Crippen LogP contribution in [-0.4, -0.2) is 32.3 Å². The number of allylic oxidation sites excluding steroid dienone is 2. The number of aromatic carboxylic acids is 1. The molecular formula is C24H34N2O4. The number of aryl methyl sites for hydroxylation is 1. The number of unbranched alkanes of at least 4 members (excludes halogenated alkanes) is 3. The molecule has 0 aliphatic heterocycles. The van der Waals surface area contributed by atoms with Crippen molar-refractivity contribution in [3.8, 4) is 5.75 Å². The maximum Gasteiger partial charge on any atom is 0.335 e. The molecule has 2 N–H and O–H groups in total. The molecule has 1 aromatic heterocycles. The van der Waals surface area contributed by atoms with E-state index in [-0.39, 0.29) is 12.2 Å². The molecule has 6 nitrogen and oxygen atoms in total. The van der Waals surface area contributed by atoms with Crippen LogP contribution in [0.15, 0.2) is 43.0 Å². The maximum atomic E-state index is 10.9. The second-order valence-corrected chi connectivity index (χ2v) is 6.50. The monoisotopic (exact) mass is 414 g/mol. The Morgan fingerprint density at radius 2 is 1.83 bits per heavy atom. The number of rotatable bonds is 12. The van der Waals surface area contributed by atoms with E-state index in [4.69, 9.17) is 14.9 Å². The maximum absolute atomic E-state index is 10.9. The number of carbonyl (C=O) groups is 1. The molecule has 6 heteroatoms. The molecule has 2 aromatic rings. The van der Waals surface area contributed by atoms with Crippen LogP contribution >= 0.6 is 0 Å². The number of aromatic nitrogens is 2. The van der Waals surface area contributed by atoms with E-state index in [0.717, 1.165) is 49.4 Å². The van der Waals surface area contributed by atoms with Crippen LogP contribution in [0.2, 0.25) is 0 Å². The standard InChI is InChI=1S/C22H28N2O4.C2H6/c1-3-4-9-20-17(2)23-21(24(20)14-7-5-6-8-15-25)16-28-19-12-10-18(11-13-19)22(26)27;1-2/h3-4,9-13,25H,1,5-8,14-16H2,2H3,(H,26,27);1-2H3/b9-4-;. The molecule has 2 rings (SSSR count). The molecule has 0 unspecified atom stereocenters. The Morgan fingerprint density at radius 1 is 1.17 bits per heavy atom. The lowest BCUT2D eigenvalue weighted by atomic mass is 10.2. The molecule has 0 amide bonds. The first-order chi connectivity index (χ1) is 14.6. The van der Waals surface area contributed by atoms with Crippen molar-refractivity contribution in [2.45, 2.75) is 59.6 Å². The van der Waals surface area contributed by atoms with Gasteiger partial charge in [0.2, 0.25) is 0 Å². The second kappa shape index (κ2) is 14.2. The molecule has 0 fully saturated rings. The average Bonchev–Trinajstić information content (AvgIpc) is 3.06. The van der Waals surface area contributed by atoms with Crippen molar-refractivity contribution < 1.29 is 19.7 Å². The van der Waals surface area contributed by atoms with Crippen LogP contribution in [0.3, 0.4) is 0 Å². The molecule has 30 heavy (non-hydrogen) atoms. The highest BCUT2D eigenvalue weighted by molar-refractivity contribution is 5.87. The number of carboxylic acid groups (broad SMARTS) is 1. The van der Waals surface area contributed by atoms with E-state index in [1.165, 1.54) is 12.1 Å². The van der Waals surface area contributed by atoms with Crippen molar-refractivity contribution >= 4 is 12.0 Å². The molecule has 0 aliphatic carbocycles. The van der Waals surface area contributed by atoms with Gasteiger partial charge in [0.1, 0.15) is 18.2 Å². The Kier molecular flexibility index (Phi) is 11.9. The molecule has 0 bridgehead atoms. The predicted molar refractivity (Wildman–Crippen MR) is 121 cm³/mol. The van der Waals surface area contributed by atoms with Crippen molar-refractivity contribution in [3.63, 3.8) is 0 Å². The van der Waals surface area contributed by atoms with Gasteiger partial charge in [-0.25, -0.2) is 9.78 Å². The van der Waals surface area contributed by atoms with Crippen molar-refractivity contribution in [1.29, 1.82) is 0 Å². The molecule has 0 atom stereocenters. The van der Waals surface area contributed by atoms with Gasteiger partial charge in [0.25, 0.3) is 0 Å². The summed E-state index contributed by atoms with van der Waals surface area (Å²) >= 11 is 0. The highest BCUT2D eigenvalue weighted by atomic mass is 16.5. The van der Waals surface area contributed by atoms with Gasteiger partial charge in [0, 0.05) is 13.2 Å². The molecule has 1 heterocycles. The van der Waals surface area contributed by atoms with E-state index >= 15 is 0 Å². The predicted octanol–water partition coefficient (Wildman–Crippen LogP) is 5.25. The van der Waals surface area contributed by atoms with Crippen molar-refractivity contribution in [2.75, 3.05) is 6.61 Å². The highest BCUT2D eigenvalue weighted by Gasteiger charge is 2.13. The lowest BCUT2D eigenvalue weighted by molar-refractivity contribution is 0.0697. The summed E-state index contributed by atoms with van der Waals surface area (Å²) in [6.07, 6.45) is 9.48. The van der Waals surface area contributed by atoms with Gasteiger partial charge in [0.05, 0.1) is 17.0 Å². The highest BCUT2D eigenvalue weighted by Crippen LogP contribution is 2.19. The number of benzene rings is 1. The number of nitrogens with zero attached hydrogens (tertiary/aromatic N) is 2. The number of aliphatic hydroxyl groups excluding tert-OH is 1. The van der Waals surface area contributed by atoms with E-state index in [0.29, 0.717) is 12.4 Å². The first kappa shape index (κ1) is 25.2. The van der Waals surface area contributed by atoms with E-state index in [1.54, 1.807) is 18.2 Å². The Labute approximate surface area is 179 Å². The minimum atomic E-state index is -0.961. The summed E-state index contributed by atoms with van der Waals surface area (Å²) in [5.41, 5.74) is 2.18. The van der Waals surface area contributed by atoms with Crippen LogP contribution in [-0.2, 0) is 13.2 Å². The fourth-order valence-electron chi connectivity index (χ4n) is 2.95. The van der Waals surface area contributed by atoms with Crippen molar-refractivity contribution in [1.82, 2.24) is 9.55 Å². The fraction of sp³-hybridized carbons (Fsp3) is 0.417. The SMILES string of the molecule is C=C/C=C\c1c(C)nc(COc2ccc(C(=O)O)cc2)n1CCCCCCO.CC. The summed E-state index contributed by atoms with van der Waals surface area (Å²) in [5.74, 6) is 0.464. The van der Waals surface area contributed by atoms with E-state index in [1.807, 2.05) is 32.9 Å². The van der Waals surface area contributed by atoms with Crippen molar-refractivity contribution in [3.05, 3.63) is 65.8 Å². The van der Waals surface area contributed by atoms with E-state index < -0.39 is 5.97 Å². The molecule has 0 saturated carbocycles. The minimum Gasteiger partial charge on any atom is -0.486 e. The normalized spacial score (nSPS) is 10.5. The molecule has 0 saturated heterocycles. The smallest absolute Gasteiger partial charge is 0.335 e. The summed E-state index contributed by atoms with van der Waals surface area (Å²) in [7, 11) is 0. The number of hydrogen-bond acceptors (Lipinski definition) is 4. The molecule has 1 aromatic carbocycles. The zero-order valence-electron chi connectivity index (χ0n) is 18.3. The van der Waals surface area contributed by atoms with Gasteiger partial charge in [-0.1, -0.05) is 45.4 Å². The van der Waals surface area contributed by atoms with Crippen LogP contribution in [0.25, 0.3) is 6.08 Å². The third kappa shape index (κ3) is 7.87. The number of imidazole rings is 1. The summed E-state index contributed by atoms with van der Waals surface area (Å²) in [4.78, 5) is 15.6. The van der Waals surface area contributed by atoms with Gasteiger partial charge < -0.3 is 19.5 Å². The van der Waals surface area contributed by atoms with Crippen LogP contribution in [0.1, 0.15) is 67.1 Å². The molecule has 0 radical (unpaired) electrons. The number of ether oxygens (including phenoxy) is 1. The van der Waals surface area contributed by atoms with Crippen molar-refractivity contribution in [2.24, 2.45) is 0 Å². The van der Waals surface area contributed by atoms with E-state index in [2.05, 4.69) is 16.1 Å². The van der Waals surface area contributed by atoms with Crippen LogP contribution in [0.4, 0.5) is 0 Å². The Hall–Kier alpha value is -2.86. The van der Waals surface area contributed by atoms with Gasteiger partial charge >= 0.3 is 5.97 Å². The summed E-state index contributed by atoms with van der Waals surface area (Å²) in [6.45, 7) is 11.0. The molecule has 164 valence electrons. The molecule has 0 spiro atoms. The Bertz CT molecular complexity index is 807. The number of hydrogen-bond donors (Lipinski definition) is 2. The molecular weight excluding hydrogens is 380 g/mol. The zero-order chi connectivity index (χ0) is 22.4. The number of carboxylic acids is 1. The first-order valence-corrected chi connectivity index (χ1v) is 10.5. The lowest BCUT2D eigenvalue weighted by Crippen LogP contribution is -2.09. The lowest BCUT2D eigenvalue weighted by Gasteiger charge is -2.12. The Balaban J connectivity index is 0.00000218. The average molecular weight is 415 g/mol. The summed E-state index contributed by atoms with van der Waals surface area (Å²) in [5, 5.41) is 17.9. The van der Waals surface area contributed by atoms with Crippen LogP contribution in [0, 0.1) is 6.92 Å². The molecule has 0 aliphatic rings. The Morgan fingerprint density at radius 3 is 2.43 bits per heavy atom. The number of aliphatic hydroxyl groups is 1. The summed E-state index contributed by atoms with van der Waals surface area (Å²) in [6, 6.07) is 6.34. The van der Waals surface area contributed by atoms with Gasteiger partial charge in [-0.3, -0.25) is 0 Å². The summed E-state index contributed by atoms with van der Waals surface area (Å²) < 4.78 is 7.98. The second-order valence-electron chi connectivity index (χ2n) is 6.50. The largest absolute Gasteiger partial charge is 0.486 e. The minimum absolute atomic E-state index is 0.226. The topological polar surface area (TPSA) is 84.6 Å². The third-order valence-electron chi connectivity index (χ3n) is 4.42. The zero-order valence-corrected chi connectivity index (χ0v) is 18.3. The first-order valence-electron chi connectivity index (χ1n) is 10.5. The van der Waals surface area contributed by atoms with Gasteiger partial charge in [-0.15, -0.1) is 0 Å².